The molecule has 92 valence electrons. The molecule has 0 spiro atoms. The van der Waals surface area contributed by atoms with Crippen molar-refractivity contribution < 1.29 is 4.79 Å². The van der Waals surface area contributed by atoms with Gasteiger partial charge in [0.2, 0.25) is 5.91 Å². The Bertz CT molecular complexity index is 364. The van der Waals surface area contributed by atoms with E-state index in [4.69, 9.17) is 0 Å². The molecule has 0 radical (unpaired) electrons. The van der Waals surface area contributed by atoms with Gasteiger partial charge in [0.05, 0.1) is 5.92 Å². The highest BCUT2D eigenvalue weighted by Crippen LogP contribution is 2.18. The minimum atomic E-state index is 0.164. The molecule has 1 aliphatic rings. The Hall–Kier alpha value is -1.35. The average molecular weight is 232 g/mol. The van der Waals surface area contributed by atoms with Gasteiger partial charge < -0.3 is 5.32 Å². The average Bonchev–Trinajstić information content (AvgIpc) is 2.39. The van der Waals surface area contributed by atoms with Crippen molar-refractivity contribution in [1.29, 1.82) is 0 Å². The van der Waals surface area contributed by atoms with Gasteiger partial charge in [-0.2, -0.15) is 0 Å². The predicted octanol–water partition coefficient (Wildman–Crippen LogP) is 1.64. The highest BCUT2D eigenvalue weighted by Gasteiger charge is 2.24. The number of carbonyl (C=O) groups is 1. The van der Waals surface area contributed by atoms with Gasteiger partial charge in [-0.3, -0.25) is 9.69 Å². The van der Waals surface area contributed by atoms with Crippen molar-refractivity contribution in [2.75, 3.05) is 20.1 Å². The van der Waals surface area contributed by atoms with Crippen LogP contribution in [0.5, 0.6) is 0 Å². The highest BCUT2D eigenvalue weighted by atomic mass is 16.1. The molecule has 1 amide bonds. The summed E-state index contributed by atoms with van der Waals surface area (Å²) in [5.74, 6) is 0.347. The van der Waals surface area contributed by atoms with Gasteiger partial charge >= 0.3 is 0 Å². The molecule has 2 rings (SSSR count). The minimum absolute atomic E-state index is 0.164. The number of amides is 1. The number of rotatable bonds is 3. The molecule has 3 heteroatoms. The maximum absolute atomic E-state index is 11.6. The smallest absolute Gasteiger partial charge is 0.224 e. The fourth-order valence-electron chi connectivity index (χ4n) is 2.46. The maximum Gasteiger partial charge on any atom is 0.224 e. The number of hydrogen-bond acceptors (Lipinski definition) is 2. The Balaban J connectivity index is 1.92. The van der Waals surface area contributed by atoms with E-state index in [9.17, 15) is 4.79 Å². The fourth-order valence-corrected chi connectivity index (χ4v) is 2.46. The quantitative estimate of drug-likeness (QED) is 0.859. The van der Waals surface area contributed by atoms with E-state index < -0.39 is 0 Å². The van der Waals surface area contributed by atoms with E-state index in [1.54, 1.807) is 7.05 Å². The summed E-state index contributed by atoms with van der Waals surface area (Å²) in [5, 5.41) is 2.75. The molecule has 1 aromatic carbocycles. The molecule has 3 nitrogen and oxygen atoms in total. The molecule has 0 saturated carbocycles. The molecule has 1 unspecified atom stereocenters. The van der Waals surface area contributed by atoms with Crippen LogP contribution in [0.15, 0.2) is 30.3 Å². The van der Waals surface area contributed by atoms with Gasteiger partial charge in [0.25, 0.3) is 0 Å². The zero-order valence-corrected chi connectivity index (χ0v) is 10.4. The van der Waals surface area contributed by atoms with Crippen LogP contribution < -0.4 is 5.32 Å². The summed E-state index contributed by atoms with van der Waals surface area (Å²) in [5.41, 5.74) is 1.32. The number of nitrogens with one attached hydrogen (secondary N) is 1. The molecule has 17 heavy (non-hydrogen) atoms. The number of benzene rings is 1. The third-order valence-electron chi connectivity index (χ3n) is 3.37. The molecule has 1 fully saturated rings. The normalized spacial score (nSPS) is 21.1. The van der Waals surface area contributed by atoms with E-state index in [1.807, 2.05) is 6.07 Å². The van der Waals surface area contributed by atoms with E-state index >= 15 is 0 Å². The van der Waals surface area contributed by atoms with E-state index in [0.717, 1.165) is 32.5 Å². The number of hydrogen-bond donors (Lipinski definition) is 1. The predicted molar refractivity (Wildman–Crippen MR) is 68.5 cm³/mol. The third-order valence-corrected chi connectivity index (χ3v) is 3.37. The van der Waals surface area contributed by atoms with Crippen molar-refractivity contribution in [3.63, 3.8) is 0 Å². The third kappa shape index (κ3) is 3.30. The van der Waals surface area contributed by atoms with Gasteiger partial charge in [0, 0.05) is 20.1 Å². The van der Waals surface area contributed by atoms with Gasteiger partial charge in [-0.1, -0.05) is 30.3 Å². The van der Waals surface area contributed by atoms with Crippen LogP contribution in [0.3, 0.4) is 0 Å². The molecule has 0 aromatic heterocycles. The van der Waals surface area contributed by atoms with Crippen LogP contribution >= 0.6 is 0 Å². The van der Waals surface area contributed by atoms with Gasteiger partial charge in [0.1, 0.15) is 0 Å². The van der Waals surface area contributed by atoms with Crippen LogP contribution in [-0.4, -0.2) is 30.9 Å². The second-order valence-corrected chi connectivity index (χ2v) is 4.67. The lowest BCUT2D eigenvalue weighted by Crippen LogP contribution is -2.41. The van der Waals surface area contributed by atoms with E-state index in [-0.39, 0.29) is 11.8 Å². The van der Waals surface area contributed by atoms with Crippen LogP contribution in [0.2, 0.25) is 0 Å². The summed E-state index contributed by atoms with van der Waals surface area (Å²) in [6.07, 6.45) is 2.13. The molecule has 1 saturated heterocycles. The Labute approximate surface area is 103 Å². The Morgan fingerprint density at radius 2 is 2.18 bits per heavy atom. The van der Waals surface area contributed by atoms with Gasteiger partial charge in [-0.15, -0.1) is 0 Å². The Kier molecular flexibility index (Phi) is 4.15. The summed E-state index contributed by atoms with van der Waals surface area (Å²) in [7, 11) is 1.72. The zero-order valence-electron chi connectivity index (χ0n) is 10.4. The Morgan fingerprint density at radius 3 is 2.88 bits per heavy atom. The first-order valence-corrected chi connectivity index (χ1v) is 6.27. The zero-order chi connectivity index (χ0) is 12.1. The first kappa shape index (κ1) is 12.1. The number of piperidine rings is 1. The molecule has 1 heterocycles. The Morgan fingerprint density at radius 1 is 1.41 bits per heavy atom. The monoisotopic (exact) mass is 232 g/mol. The van der Waals surface area contributed by atoms with Crippen LogP contribution in [0.1, 0.15) is 18.4 Å². The van der Waals surface area contributed by atoms with Gasteiger partial charge in [-0.25, -0.2) is 0 Å². The minimum Gasteiger partial charge on any atom is -0.359 e. The summed E-state index contributed by atoms with van der Waals surface area (Å²) in [6, 6.07) is 10.4. The maximum atomic E-state index is 11.6. The molecular weight excluding hydrogens is 212 g/mol. The molecule has 1 atom stereocenters. The van der Waals surface area contributed by atoms with Crippen molar-refractivity contribution in [2.45, 2.75) is 19.4 Å². The number of likely N-dealkylation sites (tertiary alicyclic amines) is 1. The molecule has 1 N–H and O–H groups in total. The lowest BCUT2D eigenvalue weighted by Gasteiger charge is -2.31. The lowest BCUT2D eigenvalue weighted by atomic mass is 9.97. The largest absolute Gasteiger partial charge is 0.359 e. The van der Waals surface area contributed by atoms with Crippen LogP contribution in [0.4, 0.5) is 0 Å². The summed E-state index contributed by atoms with van der Waals surface area (Å²) < 4.78 is 0. The summed E-state index contributed by atoms with van der Waals surface area (Å²) >= 11 is 0. The van der Waals surface area contributed by atoms with Crippen molar-refractivity contribution in [3.05, 3.63) is 35.9 Å². The van der Waals surface area contributed by atoms with Crippen LogP contribution in [-0.2, 0) is 11.3 Å². The first-order valence-electron chi connectivity index (χ1n) is 6.27. The standard InChI is InChI=1S/C14H20N2O/c1-15-14(17)13-8-5-9-16(11-13)10-12-6-3-2-4-7-12/h2-4,6-7,13H,5,8-11H2,1H3,(H,15,17). The molecule has 1 aromatic rings. The van der Waals surface area contributed by atoms with Crippen molar-refractivity contribution in [1.82, 2.24) is 10.2 Å². The van der Waals surface area contributed by atoms with Crippen LogP contribution in [0.25, 0.3) is 0 Å². The number of carbonyl (C=O) groups excluding carboxylic acids is 1. The molecule has 0 bridgehead atoms. The highest BCUT2D eigenvalue weighted by molar-refractivity contribution is 5.78. The SMILES string of the molecule is CNC(=O)C1CCCN(Cc2ccccc2)C1. The first-order chi connectivity index (χ1) is 8.29. The van der Waals surface area contributed by atoms with Crippen molar-refractivity contribution >= 4 is 5.91 Å². The molecule has 1 aliphatic heterocycles. The summed E-state index contributed by atoms with van der Waals surface area (Å²) in [4.78, 5) is 14.0. The number of nitrogens with zero attached hydrogens (tertiary/aromatic N) is 1. The van der Waals surface area contributed by atoms with Crippen molar-refractivity contribution in [3.8, 4) is 0 Å². The fraction of sp³-hybridized carbons (Fsp3) is 0.500. The molecular formula is C14H20N2O. The van der Waals surface area contributed by atoms with E-state index in [1.165, 1.54) is 5.56 Å². The molecule has 0 aliphatic carbocycles. The summed E-state index contributed by atoms with van der Waals surface area (Å²) in [6.45, 7) is 2.94. The van der Waals surface area contributed by atoms with Crippen molar-refractivity contribution in [2.24, 2.45) is 5.92 Å². The lowest BCUT2D eigenvalue weighted by molar-refractivity contribution is -0.126. The topological polar surface area (TPSA) is 32.3 Å². The van der Waals surface area contributed by atoms with E-state index in [2.05, 4.69) is 34.5 Å². The second kappa shape index (κ2) is 5.82. The van der Waals surface area contributed by atoms with Gasteiger partial charge in [0.15, 0.2) is 0 Å². The van der Waals surface area contributed by atoms with E-state index in [0.29, 0.717) is 0 Å². The van der Waals surface area contributed by atoms with Gasteiger partial charge in [-0.05, 0) is 24.9 Å². The van der Waals surface area contributed by atoms with Crippen LogP contribution in [0, 0.1) is 5.92 Å². The second-order valence-electron chi connectivity index (χ2n) is 4.67.